The van der Waals surface area contributed by atoms with Crippen molar-refractivity contribution in [3.63, 3.8) is 0 Å². The van der Waals surface area contributed by atoms with Crippen LogP contribution in [0.1, 0.15) is 19.3 Å². The molecule has 0 atom stereocenters. The van der Waals surface area contributed by atoms with E-state index in [1.807, 2.05) is 11.8 Å². The Balaban J connectivity index is 2.22. The normalized spacial score (nSPS) is 18.2. The largest absolute Gasteiger partial charge is 0.481 e. The number of carboxylic acid groups (broad SMARTS) is 1. The molecule has 1 rings (SSSR count). The van der Waals surface area contributed by atoms with Gasteiger partial charge in [0.2, 0.25) is 5.91 Å². The molecule has 0 aromatic rings. The van der Waals surface area contributed by atoms with Gasteiger partial charge < -0.3 is 10.4 Å². The molecule has 0 radical (unpaired) electrons. The van der Waals surface area contributed by atoms with E-state index in [0.717, 1.165) is 24.3 Å². The summed E-state index contributed by atoms with van der Waals surface area (Å²) in [6.07, 6.45) is 1.50. The molecule has 0 aromatic carbocycles. The van der Waals surface area contributed by atoms with Gasteiger partial charge in [-0.1, -0.05) is 0 Å². The van der Waals surface area contributed by atoms with Crippen LogP contribution >= 0.6 is 11.8 Å². The van der Waals surface area contributed by atoms with Gasteiger partial charge in [-0.3, -0.25) is 9.59 Å². The Kier molecular flexibility index (Phi) is 4.08. The summed E-state index contributed by atoms with van der Waals surface area (Å²) in [5, 5.41) is 11.1. The van der Waals surface area contributed by atoms with Crippen molar-refractivity contribution >= 4 is 23.6 Å². The fourth-order valence-corrected chi connectivity index (χ4v) is 2.36. The quantitative estimate of drug-likeness (QED) is 0.654. The Bertz CT molecular complexity index is 202. The van der Waals surface area contributed by atoms with Gasteiger partial charge in [-0.25, -0.2) is 0 Å². The lowest BCUT2D eigenvalue weighted by atomic mass is 10.1. The molecule has 1 saturated heterocycles. The summed E-state index contributed by atoms with van der Waals surface area (Å²) < 4.78 is 0. The van der Waals surface area contributed by atoms with Gasteiger partial charge in [0.25, 0.3) is 0 Å². The van der Waals surface area contributed by atoms with Crippen molar-refractivity contribution in [3.8, 4) is 0 Å². The van der Waals surface area contributed by atoms with Crippen LogP contribution in [0.5, 0.6) is 0 Å². The van der Waals surface area contributed by atoms with E-state index in [1.165, 1.54) is 0 Å². The van der Waals surface area contributed by atoms with Crippen molar-refractivity contribution in [1.82, 2.24) is 5.32 Å². The standard InChI is InChI=1S/C8H13NO3S/c10-7(5-8(11)12)9-6-1-3-13-4-2-6/h6H,1-5H2,(H,9,10)(H,11,12). The number of hydrogen-bond donors (Lipinski definition) is 2. The van der Waals surface area contributed by atoms with Crippen LogP contribution in [0.2, 0.25) is 0 Å². The lowest BCUT2D eigenvalue weighted by molar-refractivity contribution is -0.140. The highest BCUT2D eigenvalue weighted by Gasteiger charge is 2.16. The lowest BCUT2D eigenvalue weighted by Gasteiger charge is -2.22. The third kappa shape index (κ3) is 4.17. The van der Waals surface area contributed by atoms with Crippen LogP contribution in [0, 0.1) is 0 Å². The molecule has 0 aromatic heterocycles. The maximum Gasteiger partial charge on any atom is 0.312 e. The molecule has 0 spiro atoms. The lowest BCUT2D eigenvalue weighted by Crippen LogP contribution is -2.38. The Morgan fingerprint density at radius 2 is 2.00 bits per heavy atom. The number of nitrogens with one attached hydrogen (secondary N) is 1. The highest BCUT2D eigenvalue weighted by atomic mass is 32.2. The van der Waals surface area contributed by atoms with Crippen LogP contribution in [0.25, 0.3) is 0 Å². The minimum atomic E-state index is -1.07. The molecule has 13 heavy (non-hydrogen) atoms. The van der Waals surface area contributed by atoms with Crippen molar-refractivity contribution in [2.75, 3.05) is 11.5 Å². The Hall–Kier alpha value is -0.710. The summed E-state index contributed by atoms with van der Waals surface area (Å²) in [5.41, 5.74) is 0. The van der Waals surface area contributed by atoms with Gasteiger partial charge in [0.1, 0.15) is 6.42 Å². The third-order valence-corrected chi connectivity index (χ3v) is 2.95. The van der Waals surface area contributed by atoms with E-state index in [9.17, 15) is 9.59 Å². The second kappa shape index (κ2) is 5.11. The maximum absolute atomic E-state index is 11.0. The van der Waals surface area contributed by atoms with Crippen molar-refractivity contribution in [2.45, 2.75) is 25.3 Å². The van der Waals surface area contributed by atoms with E-state index in [4.69, 9.17) is 5.11 Å². The zero-order valence-electron chi connectivity index (χ0n) is 7.28. The molecule has 0 saturated carbocycles. The average molecular weight is 203 g/mol. The number of aliphatic carboxylic acids is 1. The van der Waals surface area contributed by atoms with Crippen LogP contribution in [-0.4, -0.2) is 34.5 Å². The maximum atomic E-state index is 11.0. The predicted octanol–water partition coefficient (Wildman–Crippen LogP) is 0.473. The second-order valence-electron chi connectivity index (χ2n) is 3.02. The molecule has 0 aliphatic carbocycles. The second-order valence-corrected chi connectivity index (χ2v) is 4.25. The van der Waals surface area contributed by atoms with E-state index in [1.54, 1.807) is 0 Å². The summed E-state index contributed by atoms with van der Waals surface area (Å²) in [6.45, 7) is 0. The highest BCUT2D eigenvalue weighted by Crippen LogP contribution is 2.16. The first-order chi connectivity index (χ1) is 6.18. The number of carbonyl (C=O) groups is 2. The van der Waals surface area contributed by atoms with Crippen molar-refractivity contribution < 1.29 is 14.7 Å². The molecule has 2 N–H and O–H groups in total. The number of rotatable bonds is 3. The SMILES string of the molecule is O=C(O)CC(=O)NC1CCSCC1. The van der Waals surface area contributed by atoms with Crippen LogP contribution < -0.4 is 5.32 Å². The van der Waals surface area contributed by atoms with Crippen molar-refractivity contribution in [1.29, 1.82) is 0 Å². The summed E-state index contributed by atoms with van der Waals surface area (Å²) in [7, 11) is 0. The molecule has 1 heterocycles. The third-order valence-electron chi connectivity index (χ3n) is 1.90. The fourth-order valence-electron chi connectivity index (χ4n) is 1.26. The minimum absolute atomic E-state index is 0.188. The topological polar surface area (TPSA) is 66.4 Å². The van der Waals surface area contributed by atoms with Gasteiger partial charge in [-0.2, -0.15) is 11.8 Å². The van der Waals surface area contributed by atoms with Crippen LogP contribution in [0.3, 0.4) is 0 Å². The number of amides is 1. The molecular formula is C8H13NO3S. The number of thioether (sulfide) groups is 1. The summed E-state index contributed by atoms with van der Waals surface area (Å²) in [5.74, 6) is 0.669. The molecule has 1 amide bonds. The molecule has 0 unspecified atom stereocenters. The number of hydrogen-bond acceptors (Lipinski definition) is 3. The van der Waals surface area contributed by atoms with E-state index >= 15 is 0 Å². The van der Waals surface area contributed by atoms with Gasteiger partial charge in [0.15, 0.2) is 0 Å². The number of carboxylic acids is 1. The zero-order valence-corrected chi connectivity index (χ0v) is 8.10. The first-order valence-corrected chi connectivity index (χ1v) is 5.43. The molecule has 1 aliphatic heterocycles. The van der Waals surface area contributed by atoms with E-state index in [2.05, 4.69) is 5.32 Å². The fraction of sp³-hybridized carbons (Fsp3) is 0.750. The van der Waals surface area contributed by atoms with Gasteiger partial charge in [-0.05, 0) is 24.3 Å². The number of carbonyl (C=O) groups excluding carboxylic acids is 1. The Morgan fingerprint density at radius 3 is 2.54 bits per heavy atom. The Morgan fingerprint density at radius 1 is 1.38 bits per heavy atom. The average Bonchev–Trinajstić information content (AvgIpc) is 2.04. The van der Waals surface area contributed by atoms with Gasteiger partial charge in [0.05, 0.1) is 0 Å². The monoisotopic (exact) mass is 203 g/mol. The van der Waals surface area contributed by atoms with E-state index < -0.39 is 12.4 Å². The summed E-state index contributed by atoms with van der Waals surface area (Å²) >= 11 is 1.87. The summed E-state index contributed by atoms with van der Waals surface area (Å²) in [4.78, 5) is 21.2. The van der Waals surface area contributed by atoms with Crippen molar-refractivity contribution in [3.05, 3.63) is 0 Å². The zero-order chi connectivity index (χ0) is 9.68. The molecule has 5 heteroatoms. The van der Waals surface area contributed by atoms with E-state index in [0.29, 0.717) is 0 Å². The molecule has 0 bridgehead atoms. The van der Waals surface area contributed by atoms with Crippen LogP contribution in [-0.2, 0) is 9.59 Å². The van der Waals surface area contributed by atoms with Crippen molar-refractivity contribution in [2.24, 2.45) is 0 Å². The smallest absolute Gasteiger partial charge is 0.312 e. The van der Waals surface area contributed by atoms with Crippen LogP contribution in [0.4, 0.5) is 0 Å². The van der Waals surface area contributed by atoms with Gasteiger partial charge >= 0.3 is 5.97 Å². The molecular weight excluding hydrogens is 190 g/mol. The molecule has 1 fully saturated rings. The van der Waals surface area contributed by atoms with Gasteiger partial charge in [0, 0.05) is 6.04 Å². The molecule has 1 aliphatic rings. The van der Waals surface area contributed by atoms with E-state index in [-0.39, 0.29) is 11.9 Å². The molecule has 4 nitrogen and oxygen atoms in total. The Labute approximate surface area is 81.1 Å². The first-order valence-electron chi connectivity index (χ1n) is 4.27. The molecule has 74 valence electrons. The predicted molar refractivity (Wildman–Crippen MR) is 50.7 cm³/mol. The minimum Gasteiger partial charge on any atom is -0.481 e. The van der Waals surface area contributed by atoms with Crippen LogP contribution in [0.15, 0.2) is 0 Å². The summed E-state index contributed by atoms with van der Waals surface area (Å²) in [6, 6.07) is 0.188. The van der Waals surface area contributed by atoms with Gasteiger partial charge in [-0.15, -0.1) is 0 Å². The highest BCUT2D eigenvalue weighted by molar-refractivity contribution is 7.99. The first kappa shape index (κ1) is 10.4.